The summed E-state index contributed by atoms with van der Waals surface area (Å²) >= 11 is 22.9. The fourth-order valence-corrected chi connectivity index (χ4v) is 1.98. The molecule has 0 spiro atoms. The second-order valence-corrected chi connectivity index (χ2v) is 5.86. The molecule has 0 aliphatic carbocycles. The first-order chi connectivity index (χ1) is 6.88. The lowest BCUT2D eigenvalue weighted by Gasteiger charge is -2.21. The lowest BCUT2D eigenvalue weighted by atomic mass is 10.1. The first-order valence-corrected chi connectivity index (χ1v) is 5.91. The number of hydrogen-bond donors (Lipinski definition) is 1. The van der Waals surface area contributed by atoms with Gasteiger partial charge in [0, 0.05) is 10.6 Å². The Morgan fingerprint density at radius 1 is 1.33 bits per heavy atom. The van der Waals surface area contributed by atoms with Crippen LogP contribution in [-0.2, 0) is 6.42 Å². The minimum absolute atomic E-state index is 0.441. The van der Waals surface area contributed by atoms with E-state index in [0.717, 1.165) is 12.0 Å². The molecule has 0 radical (unpaired) electrons. The fourth-order valence-electron chi connectivity index (χ4n) is 1.26. The highest BCUT2D eigenvalue weighted by Crippen LogP contribution is 2.42. The summed E-state index contributed by atoms with van der Waals surface area (Å²) in [6, 6.07) is 5.30. The van der Waals surface area contributed by atoms with Gasteiger partial charge in [-0.15, -0.1) is 0 Å². The second-order valence-electron chi connectivity index (χ2n) is 3.12. The maximum atomic E-state index is 9.78. The van der Waals surface area contributed by atoms with Crippen LogP contribution >= 0.6 is 46.4 Å². The Labute approximate surface area is 109 Å². The van der Waals surface area contributed by atoms with Crippen LogP contribution in [0.25, 0.3) is 0 Å². The van der Waals surface area contributed by atoms with Crippen molar-refractivity contribution >= 4 is 46.4 Å². The molecule has 1 rings (SSSR count). The van der Waals surface area contributed by atoms with E-state index in [4.69, 9.17) is 46.4 Å². The van der Waals surface area contributed by atoms with Gasteiger partial charge >= 0.3 is 0 Å². The van der Waals surface area contributed by atoms with Gasteiger partial charge in [0.2, 0.25) is 3.79 Å². The molecule has 0 aromatic heterocycles. The molecule has 84 valence electrons. The Morgan fingerprint density at radius 2 is 1.93 bits per heavy atom. The zero-order valence-corrected chi connectivity index (χ0v) is 11.0. The first kappa shape index (κ1) is 13.4. The molecule has 0 saturated carbocycles. The molecule has 0 bridgehead atoms. The van der Waals surface area contributed by atoms with E-state index in [9.17, 15) is 5.11 Å². The van der Waals surface area contributed by atoms with Crippen molar-refractivity contribution in [3.05, 3.63) is 34.3 Å². The fraction of sp³-hybridized carbons (Fsp3) is 0.400. The van der Waals surface area contributed by atoms with Gasteiger partial charge in [-0.25, -0.2) is 0 Å². The second kappa shape index (κ2) is 5.11. The molecule has 0 aliphatic rings. The summed E-state index contributed by atoms with van der Waals surface area (Å²) in [6.45, 7) is 1.96. The summed E-state index contributed by atoms with van der Waals surface area (Å²) in [5.74, 6) is 0. The molecule has 5 heteroatoms. The molecule has 1 N–H and O–H groups in total. The minimum atomic E-state index is -1.77. The Kier molecular flexibility index (Phi) is 4.57. The van der Waals surface area contributed by atoms with E-state index in [1.807, 2.05) is 13.0 Å². The van der Waals surface area contributed by atoms with Crippen LogP contribution in [0.4, 0.5) is 0 Å². The Balaban J connectivity index is 3.15. The number of rotatable bonds is 2. The van der Waals surface area contributed by atoms with Crippen LogP contribution in [0.5, 0.6) is 0 Å². The van der Waals surface area contributed by atoms with Gasteiger partial charge in [-0.3, -0.25) is 0 Å². The number of hydrogen-bond acceptors (Lipinski definition) is 1. The molecule has 0 saturated heterocycles. The largest absolute Gasteiger partial charge is 0.384 e. The number of alkyl halides is 3. The topological polar surface area (TPSA) is 20.2 Å². The highest BCUT2D eigenvalue weighted by molar-refractivity contribution is 6.68. The van der Waals surface area contributed by atoms with Crippen LogP contribution < -0.4 is 0 Å². The van der Waals surface area contributed by atoms with Crippen molar-refractivity contribution < 1.29 is 5.11 Å². The van der Waals surface area contributed by atoms with E-state index < -0.39 is 9.90 Å². The van der Waals surface area contributed by atoms with Gasteiger partial charge in [-0.05, 0) is 12.0 Å². The summed E-state index contributed by atoms with van der Waals surface area (Å²) in [5, 5.41) is 10.2. The van der Waals surface area contributed by atoms with Crippen LogP contribution in [0, 0.1) is 0 Å². The molecule has 1 atom stereocenters. The van der Waals surface area contributed by atoms with Crippen molar-refractivity contribution in [2.75, 3.05) is 0 Å². The van der Waals surface area contributed by atoms with Gasteiger partial charge in [0.05, 0.1) is 0 Å². The van der Waals surface area contributed by atoms with Gasteiger partial charge in [-0.1, -0.05) is 71.5 Å². The lowest BCUT2D eigenvalue weighted by Crippen LogP contribution is -2.17. The highest BCUT2D eigenvalue weighted by Gasteiger charge is 2.33. The van der Waals surface area contributed by atoms with Crippen molar-refractivity contribution in [3.8, 4) is 0 Å². The van der Waals surface area contributed by atoms with Crippen molar-refractivity contribution in [2.24, 2.45) is 0 Å². The van der Waals surface area contributed by atoms with Crippen molar-refractivity contribution in [1.29, 1.82) is 0 Å². The van der Waals surface area contributed by atoms with Crippen LogP contribution in [0.1, 0.15) is 24.2 Å². The number of aliphatic hydroxyl groups excluding tert-OH is 1. The van der Waals surface area contributed by atoms with E-state index >= 15 is 0 Å². The molecular formula is C10H10Cl4O. The number of benzene rings is 1. The normalized spacial score (nSPS) is 14.0. The van der Waals surface area contributed by atoms with E-state index in [0.29, 0.717) is 10.6 Å². The first-order valence-electron chi connectivity index (χ1n) is 4.40. The predicted octanol–water partition coefficient (Wildman–Crippen LogP) is 4.31. The van der Waals surface area contributed by atoms with Gasteiger partial charge in [-0.2, -0.15) is 0 Å². The van der Waals surface area contributed by atoms with Crippen molar-refractivity contribution in [3.63, 3.8) is 0 Å². The summed E-state index contributed by atoms with van der Waals surface area (Å²) in [5.41, 5.74) is 1.36. The van der Waals surface area contributed by atoms with Crippen LogP contribution in [0.2, 0.25) is 5.02 Å². The molecule has 1 aromatic rings. The maximum Gasteiger partial charge on any atom is 0.220 e. The van der Waals surface area contributed by atoms with Crippen molar-refractivity contribution in [2.45, 2.75) is 23.2 Å². The molecule has 0 aliphatic heterocycles. The van der Waals surface area contributed by atoms with Crippen LogP contribution in [-0.4, -0.2) is 8.90 Å². The smallest absolute Gasteiger partial charge is 0.220 e. The maximum absolute atomic E-state index is 9.78. The third-order valence-corrected chi connectivity index (χ3v) is 3.18. The van der Waals surface area contributed by atoms with E-state index in [1.165, 1.54) is 0 Å². The molecule has 1 nitrogen and oxygen atoms in total. The molecule has 1 aromatic carbocycles. The van der Waals surface area contributed by atoms with Gasteiger partial charge in [0.25, 0.3) is 0 Å². The number of aryl methyl sites for hydroxylation is 1. The number of aliphatic hydroxyl groups is 1. The molecule has 1 unspecified atom stereocenters. The lowest BCUT2D eigenvalue weighted by molar-refractivity contribution is 0.182. The summed E-state index contributed by atoms with van der Waals surface area (Å²) in [7, 11) is 0. The monoisotopic (exact) mass is 286 g/mol. The highest BCUT2D eigenvalue weighted by atomic mass is 35.6. The predicted molar refractivity (Wildman–Crippen MR) is 66.1 cm³/mol. The summed E-state index contributed by atoms with van der Waals surface area (Å²) < 4.78 is -1.77. The average Bonchev–Trinajstić information content (AvgIpc) is 2.16. The molecule has 0 fully saturated rings. The zero-order chi connectivity index (χ0) is 11.6. The van der Waals surface area contributed by atoms with E-state index in [-0.39, 0.29) is 0 Å². The summed E-state index contributed by atoms with van der Waals surface area (Å²) in [4.78, 5) is 0. The van der Waals surface area contributed by atoms with Crippen LogP contribution in [0.3, 0.4) is 0 Å². The average molecular weight is 288 g/mol. The molecule has 0 heterocycles. The van der Waals surface area contributed by atoms with Gasteiger partial charge in [0.1, 0.15) is 6.10 Å². The SMILES string of the molecule is CCc1cccc(C(O)C(Cl)(Cl)Cl)c1Cl. The van der Waals surface area contributed by atoms with Crippen LogP contribution in [0.15, 0.2) is 18.2 Å². The van der Waals surface area contributed by atoms with Gasteiger partial charge in [0.15, 0.2) is 0 Å². The standard InChI is InChI=1S/C10H10Cl4O/c1-2-6-4-3-5-7(8(6)11)9(15)10(12,13)14/h3-5,9,15H,2H2,1H3. The van der Waals surface area contributed by atoms with E-state index in [1.54, 1.807) is 12.1 Å². The number of halogens is 4. The Morgan fingerprint density at radius 3 is 2.40 bits per heavy atom. The molecule has 0 amide bonds. The summed E-state index contributed by atoms with van der Waals surface area (Å²) in [6.07, 6.45) is -0.458. The molecular weight excluding hydrogens is 278 g/mol. The Hall–Kier alpha value is 0.340. The zero-order valence-electron chi connectivity index (χ0n) is 7.98. The third kappa shape index (κ3) is 3.15. The van der Waals surface area contributed by atoms with Gasteiger partial charge < -0.3 is 5.11 Å². The van der Waals surface area contributed by atoms with E-state index in [2.05, 4.69) is 0 Å². The molecule has 15 heavy (non-hydrogen) atoms. The Bertz CT molecular complexity index is 346. The quantitative estimate of drug-likeness (QED) is 0.804. The third-order valence-electron chi connectivity index (χ3n) is 2.09. The minimum Gasteiger partial charge on any atom is -0.384 e. The van der Waals surface area contributed by atoms with Crippen molar-refractivity contribution in [1.82, 2.24) is 0 Å².